The fraction of sp³-hybridized carbons (Fsp3) is 0.231. The normalized spacial score (nSPS) is 10.3. The van der Waals surface area contributed by atoms with Crippen molar-refractivity contribution in [3.63, 3.8) is 0 Å². The van der Waals surface area contributed by atoms with Gasteiger partial charge in [-0.2, -0.15) is 5.10 Å². The van der Waals surface area contributed by atoms with Gasteiger partial charge in [0, 0.05) is 17.3 Å². The minimum absolute atomic E-state index is 0.136. The van der Waals surface area contributed by atoms with Gasteiger partial charge in [-0.1, -0.05) is 13.3 Å². The van der Waals surface area contributed by atoms with E-state index >= 15 is 0 Å². The predicted molar refractivity (Wildman–Crippen MR) is 68.6 cm³/mol. The molecule has 0 radical (unpaired) electrons. The van der Waals surface area contributed by atoms with Crippen LogP contribution in [0.3, 0.4) is 0 Å². The van der Waals surface area contributed by atoms with Crippen molar-refractivity contribution in [1.82, 2.24) is 10.2 Å². The van der Waals surface area contributed by atoms with Crippen molar-refractivity contribution in [2.45, 2.75) is 19.8 Å². The van der Waals surface area contributed by atoms with Gasteiger partial charge in [0.15, 0.2) is 5.82 Å². The van der Waals surface area contributed by atoms with Gasteiger partial charge in [0.1, 0.15) is 5.75 Å². The van der Waals surface area contributed by atoms with Gasteiger partial charge in [-0.3, -0.25) is 9.89 Å². The molecule has 0 atom stereocenters. The average molecular weight is 245 g/mol. The Labute approximate surface area is 105 Å². The first kappa shape index (κ1) is 12.2. The average Bonchev–Trinajstić information content (AvgIpc) is 2.78. The van der Waals surface area contributed by atoms with Gasteiger partial charge in [0.2, 0.25) is 0 Å². The lowest BCUT2D eigenvalue weighted by atomic mass is 10.2. The number of carbonyl (C=O) groups is 1. The first-order chi connectivity index (χ1) is 8.69. The van der Waals surface area contributed by atoms with Crippen LogP contribution in [0.25, 0.3) is 0 Å². The number of aromatic amines is 1. The summed E-state index contributed by atoms with van der Waals surface area (Å²) in [7, 11) is 0. The molecule has 2 rings (SSSR count). The Hall–Kier alpha value is -2.30. The summed E-state index contributed by atoms with van der Waals surface area (Å²) in [5.74, 6) is 0.401. The Morgan fingerprint density at radius 1 is 1.39 bits per heavy atom. The van der Waals surface area contributed by atoms with Crippen molar-refractivity contribution in [1.29, 1.82) is 0 Å². The zero-order valence-electron chi connectivity index (χ0n) is 10.1. The number of aromatic nitrogens is 2. The summed E-state index contributed by atoms with van der Waals surface area (Å²) in [5.41, 5.74) is 1.48. The van der Waals surface area contributed by atoms with E-state index in [4.69, 9.17) is 5.11 Å². The van der Waals surface area contributed by atoms with Gasteiger partial charge in [-0.25, -0.2) is 0 Å². The molecule has 1 heterocycles. The van der Waals surface area contributed by atoms with Crippen molar-refractivity contribution >= 4 is 11.7 Å². The maximum absolute atomic E-state index is 11.8. The van der Waals surface area contributed by atoms with Crippen LogP contribution in [0.5, 0.6) is 5.75 Å². The number of rotatable bonds is 4. The molecular weight excluding hydrogens is 230 g/mol. The molecule has 0 aliphatic heterocycles. The second kappa shape index (κ2) is 5.35. The highest BCUT2D eigenvalue weighted by molar-refractivity contribution is 6.03. The Morgan fingerprint density at radius 3 is 2.78 bits per heavy atom. The number of carbonyl (C=O) groups excluding carboxylic acids is 1. The minimum Gasteiger partial charge on any atom is -0.508 e. The van der Waals surface area contributed by atoms with Crippen LogP contribution < -0.4 is 5.32 Å². The molecule has 0 unspecified atom stereocenters. The maximum Gasteiger partial charge on any atom is 0.256 e. The summed E-state index contributed by atoms with van der Waals surface area (Å²) in [6.07, 6.45) is 1.93. The van der Waals surface area contributed by atoms with Crippen LogP contribution in [0.1, 0.15) is 29.4 Å². The molecule has 0 aliphatic carbocycles. The topological polar surface area (TPSA) is 78.0 Å². The summed E-state index contributed by atoms with van der Waals surface area (Å²) >= 11 is 0. The van der Waals surface area contributed by atoms with E-state index in [1.165, 1.54) is 12.1 Å². The molecule has 0 aliphatic rings. The van der Waals surface area contributed by atoms with Crippen LogP contribution in [0.2, 0.25) is 0 Å². The van der Waals surface area contributed by atoms with Gasteiger partial charge >= 0.3 is 0 Å². The molecule has 1 amide bonds. The minimum atomic E-state index is -0.246. The van der Waals surface area contributed by atoms with E-state index in [2.05, 4.69) is 22.4 Å². The van der Waals surface area contributed by atoms with Crippen LogP contribution in [-0.4, -0.2) is 21.2 Å². The molecule has 94 valence electrons. The fourth-order valence-corrected chi connectivity index (χ4v) is 1.62. The van der Waals surface area contributed by atoms with E-state index in [0.717, 1.165) is 18.5 Å². The molecule has 3 N–H and O–H groups in total. The van der Waals surface area contributed by atoms with E-state index in [0.29, 0.717) is 11.4 Å². The first-order valence-electron chi connectivity index (χ1n) is 5.83. The van der Waals surface area contributed by atoms with Crippen molar-refractivity contribution in [2.75, 3.05) is 5.32 Å². The number of phenolic OH excluding ortho intramolecular Hbond substituents is 1. The Bertz CT molecular complexity index is 531. The van der Waals surface area contributed by atoms with Crippen molar-refractivity contribution in [3.8, 4) is 5.75 Å². The Morgan fingerprint density at radius 2 is 2.11 bits per heavy atom. The lowest BCUT2D eigenvalue weighted by molar-refractivity contribution is 0.102. The quantitative estimate of drug-likeness (QED) is 0.773. The van der Waals surface area contributed by atoms with Gasteiger partial charge in [0.25, 0.3) is 5.91 Å². The molecule has 2 aromatic rings. The summed E-state index contributed by atoms with van der Waals surface area (Å²) in [6.45, 7) is 2.08. The van der Waals surface area contributed by atoms with Crippen LogP contribution in [0.15, 0.2) is 30.3 Å². The second-order valence-electron chi connectivity index (χ2n) is 4.03. The lowest BCUT2D eigenvalue weighted by Crippen LogP contribution is -2.11. The lowest BCUT2D eigenvalue weighted by Gasteiger charge is -2.01. The monoisotopic (exact) mass is 245 g/mol. The number of hydrogen-bond acceptors (Lipinski definition) is 3. The number of H-pyrrole nitrogens is 1. The van der Waals surface area contributed by atoms with Crippen LogP contribution >= 0.6 is 0 Å². The Balaban J connectivity index is 2.04. The SMILES string of the molecule is CCCc1cc(NC(=O)c2ccc(O)cc2)n[nH]1. The van der Waals surface area contributed by atoms with E-state index in [9.17, 15) is 4.79 Å². The molecular formula is C13H15N3O2. The number of aryl methyl sites for hydroxylation is 1. The predicted octanol–water partition coefficient (Wildman–Crippen LogP) is 2.32. The third-order valence-corrected chi connectivity index (χ3v) is 2.52. The highest BCUT2D eigenvalue weighted by atomic mass is 16.3. The number of anilines is 1. The third-order valence-electron chi connectivity index (χ3n) is 2.52. The highest BCUT2D eigenvalue weighted by Crippen LogP contribution is 2.12. The molecule has 0 saturated heterocycles. The van der Waals surface area contributed by atoms with E-state index in [1.54, 1.807) is 12.1 Å². The summed E-state index contributed by atoms with van der Waals surface area (Å²) in [6, 6.07) is 7.89. The van der Waals surface area contributed by atoms with Gasteiger partial charge in [-0.05, 0) is 30.7 Å². The fourth-order valence-electron chi connectivity index (χ4n) is 1.62. The third kappa shape index (κ3) is 2.88. The number of phenols is 1. The largest absolute Gasteiger partial charge is 0.508 e. The van der Waals surface area contributed by atoms with Gasteiger partial charge in [0.05, 0.1) is 0 Å². The van der Waals surface area contributed by atoms with E-state index < -0.39 is 0 Å². The van der Waals surface area contributed by atoms with Crippen LogP contribution in [0.4, 0.5) is 5.82 Å². The number of hydrogen-bond donors (Lipinski definition) is 3. The molecule has 0 bridgehead atoms. The van der Waals surface area contributed by atoms with Crippen LogP contribution in [-0.2, 0) is 6.42 Å². The Kier molecular flexibility index (Phi) is 3.62. The number of amides is 1. The molecule has 1 aromatic heterocycles. The summed E-state index contributed by atoms with van der Waals surface area (Å²) in [4.78, 5) is 11.8. The number of nitrogens with zero attached hydrogens (tertiary/aromatic N) is 1. The summed E-state index contributed by atoms with van der Waals surface area (Å²) in [5, 5.41) is 18.7. The smallest absolute Gasteiger partial charge is 0.256 e. The molecule has 1 aromatic carbocycles. The van der Waals surface area contributed by atoms with Crippen LogP contribution in [0, 0.1) is 0 Å². The van der Waals surface area contributed by atoms with Gasteiger partial charge < -0.3 is 10.4 Å². The molecule has 0 spiro atoms. The van der Waals surface area contributed by atoms with Gasteiger partial charge in [-0.15, -0.1) is 0 Å². The highest BCUT2D eigenvalue weighted by Gasteiger charge is 2.08. The number of nitrogens with one attached hydrogen (secondary N) is 2. The van der Waals surface area contributed by atoms with Crippen molar-refractivity contribution in [3.05, 3.63) is 41.6 Å². The molecule has 5 heteroatoms. The molecule has 0 fully saturated rings. The second-order valence-corrected chi connectivity index (χ2v) is 4.03. The van der Waals surface area contributed by atoms with E-state index in [-0.39, 0.29) is 11.7 Å². The maximum atomic E-state index is 11.8. The zero-order valence-corrected chi connectivity index (χ0v) is 10.1. The summed E-state index contributed by atoms with van der Waals surface area (Å²) < 4.78 is 0. The number of benzene rings is 1. The van der Waals surface area contributed by atoms with Crippen molar-refractivity contribution in [2.24, 2.45) is 0 Å². The van der Waals surface area contributed by atoms with E-state index in [1.807, 2.05) is 6.07 Å². The first-order valence-corrected chi connectivity index (χ1v) is 5.83. The number of aromatic hydroxyl groups is 1. The van der Waals surface area contributed by atoms with Crippen molar-refractivity contribution < 1.29 is 9.90 Å². The standard InChI is InChI=1S/C13H15N3O2/c1-2-3-10-8-12(16-15-10)14-13(18)9-4-6-11(17)7-5-9/h4-8,17H,2-3H2,1H3,(H2,14,15,16,18). The molecule has 5 nitrogen and oxygen atoms in total. The molecule has 18 heavy (non-hydrogen) atoms. The zero-order chi connectivity index (χ0) is 13.0. The molecule has 0 saturated carbocycles.